The summed E-state index contributed by atoms with van der Waals surface area (Å²) in [6, 6.07) is 9.44. The molecule has 0 aliphatic carbocycles. The van der Waals surface area contributed by atoms with Crippen molar-refractivity contribution in [1.82, 2.24) is 5.32 Å². The average Bonchev–Trinajstić information content (AvgIpc) is 2.60. The molecular formula is C19H19Cl2N3O4. The highest BCUT2D eigenvalue weighted by Gasteiger charge is 2.63. The third-order valence-corrected chi connectivity index (χ3v) is 6.14. The van der Waals surface area contributed by atoms with Gasteiger partial charge in [-0.1, -0.05) is 59.6 Å². The molecule has 0 aromatic heterocycles. The van der Waals surface area contributed by atoms with Crippen LogP contribution >= 0.6 is 23.2 Å². The normalized spacial score (nSPS) is 26.6. The second-order valence-corrected chi connectivity index (χ2v) is 8.26. The Balaban J connectivity index is 2.21. The molecule has 2 aromatic carbocycles. The van der Waals surface area contributed by atoms with Gasteiger partial charge in [0.15, 0.2) is 0 Å². The Morgan fingerprint density at radius 1 is 0.821 bits per heavy atom. The largest absolute Gasteiger partial charge is 0.291 e. The van der Waals surface area contributed by atoms with Crippen LogP contribution < -0.4 is 5.32 Å². The topological polar surface area (TPSA) is 98.3 Å². The van der Waals surface area contributed by atoms with Crippen molar-refractivity contribution in [2.75, 3.05) is 0 Å². The minimum atomic E-state index is -1.29. The van der Waals surface area contributed by atoms with Gasteiger partial charge in [-0.2, -0.15) is 0 Å². The van der Waals surface area contributed by atoms with Crippen LogP contribution in [0, 0.1) is 25.6 Å². The highest BCUT2D eigenvalue weighted by atomic mass is 35.5. The second kappa shape index (κ2) is 7.66. The number of piperidine rings is 1. The van der Waals surface area contributed by atoms with Gasteiger partial charge in [0.2, 0.25) is 12.1 Å². The van der Waals surface area contributed by atoms with E-state index >= 15 is 0 Å². The molecule has 1 aliphatic heterocycles. The first-order valence-electron chi connectivity index (χ1n) is 8.68. The van der Waals surface area contributed by atoms with Crippen LogP contribution in [0.1, 0.15) is 37.1 Å². The second-order valence-electron chi connectivity index (χ2n) is 7.45. The van der Waals surface area contributed by atoms with Crippen LogP contribution in [-0.2, 0) is 0 Å². The number of halogens is 2. The molecule has 9 heteroatoms. The molecule has 0 saturated carbocycles. The zero-order valence-electron chi connectivity index (χ0n) is 15.2. The number of nitrogens with zero attached hydrogens (tertiary/aromatic N) is 2. The number of rotatable bonds is 4. The molecule has 1 N–H and O–H groups in total. The van der Waals surface area contributed by atoms with E-state index in [0.29, 0.717) is 21.2 Å². The minimum absolute atomic E-state index is 0.361. The van der Waals surface area contributed by atoms with Gasteiger partial charge in [-0.3, -0.25) is 25.5 Å². The highest BCUT2D eigenvalue weighted by Crippen LogP contribution is 2.48. The lowest BCUT2D eigenvalue weighted by molar-refractivity contribution is -0.605. The van der Waals surface area contributed by atoms with Crippen molar-refractivity contribution in [2.45, 2.75) is 38.0 Å². The molecule has 4 atom stereocenters. The van der Waals surface area contributed by atoms with Crippen LogP contribution in [-0.4, -0.2) is 21.9 Å². The Morgan fingerprint density at radius 3 is 1.50 bits per heavy atom. The fraction of sp³-hybridized carbons (Fsp3) is 0.368. The summed E-state index contributed by atoms with van der Waals surface area (Å²) in [6.45, 7) is 3.12. The van der Waals surface area contributed by atoms with Crippen LogP contribution in [0.3, 0.4) is 0 Å². The lowest BCUT2D eigenvalue weighted by Crippen LogP contribution is -2.63. The predicted octanol–water partition coefficient (Wildman–Crippen LogP) is 4.70. The quantitative estimate of drug-likeness (QED) is 0.567. The van der Waals surface area contributed by atoms with Crippen molar-refractivity contribution in [3.8, 4) is 0 Å². The van der Waals surface area contributed by atoms with E-state index in [1.54, 1.807) is 62.4 Å². The molecule has 2 aromatic rings. The van der Waals surface area contributed by atoms with Crippen LogP contribution in [0.4, 0.5) is 0 Å². The molecule has 3 rings (SSSR count). The molecule has 0 amide bonds. The third kappa shape index (κ3) is 3.45. The molecule has 0 bridgehead atoms. The van der Waals surface area contributed by atoms with E-state index in [0.717, 1.165) is 0 Å². The van der Waals surface area contributed by atoms with Crippen molar-refractivity contribution in [3.63, 3.8) is 0 Å². The average molecular weight is 424 g/mol. The summed E-state index contributed by atoms with van der Waals surface area (Å²) in [5, 5.41) is 27.9. The van der Waals surface area contributed by atoms with E-state index in [1.165, 1.54) is 0 Å². The zero-order chi connectivity index (χ0) is 20.6. The van der Waals surface area contributed by atoms with Crippen LogP contribution in [0.5, 0.6) is 0 Å². The van der Waals surface area contributed by atoms with E-state index in [4.69, 9.17) is 23.2 Å². The first-order chi connectivity index (χ1) is 13.2. The summed E-state index contributed by atoms with van der Waals surface area (Å²) in [5.41, 5.74) is -0.234. The molecular weight excluding hydrogens is 405 g/mol. The van der Waals surface area contributed by atoms with E-state index in [-0.39, 0.29) is 0 Å². The number of hydrogen-bond acceptors (Lipinski definition) is 5. The molecule has 28 heavy (non-hydrogen) atoms. The molecule has 0 radical (unpaired) electrons. The summed E-state index contributed by atoms with van der Waals surface area (Å²) in [5.74, 6) is 0. The first-order valence-corrected chi connectivity index (χ1v) is 9.43. The van der Waals surface area contributed by atoms with Crippen molar-refractivity contribution in [3.05, 3.63) is 89.9 Å². The van der Waals surface area contributed by atoms with Gasteiger partial charge in [-0.25, -0.2) is 0 Å². The van der Waals surface area contributed by atoms with Gasteiger partial charge in [0.05, 0.1) is 0 Å². The molecule has 0 spiro atoms. The van der Waals surface area contributed by atoms with Gasteiger partial charge in [-0.15, -0.1) is 0 Å². The van der Waals surface area contributed by atoms with Gasteiger partial charge in [0.1, 0.15) is 17.5 Å². The van der Waals surface area contributed by atoms with Gasteiger partial charge < -0.3 is 0 Å². The van der Waals surface area contributed by atoms with Crippen LogP contribution in [0.2, 0.25) is 10.0 Å². The van der Waals surface area contributed by atoms with Crippen molar-refractivity contribution < 1.29 is 9.85 Å². The summed E-state index contributed by atoms with van der Waals surface area (Å²) >= 11 is 12.6. The Bertz CT molecular complexity index is 850. The molecule has 7 nitrogen and oxygen atoms in total. The third-order valence-electron chi connectivity index (χ3n) is 5.45. The minimum Gasteiger partial charge on any atom is -0.291 e. The molecule has 1 saturated heterocycles. The van der Waals surface area contributed by atoms with Gasteiger partial charge >= 0.3 is 0 Å². The molecule has 1 heterocycles. The van der Waals surface area contributed by atoms with Gasteiger partial charge in [0.25, 0.3) is 0 Å². The number of nitrogens with one attached hydrogen (secondary N) is 1. The van der Waals surface area contributed by atoms with Crippen LogP contribution in [0.15, 0.2) is 48.5 Å². The Hall–Kier alpha value is -2.22. The maximum atomic E-state index is 12.0. The van der Waals surface area contributed by atoms with E-state index in [1.807, 2.05) is 0 Å². The predicted molar refractivity (Wildman–Crippen MR) is 107 cm³/mol. The first kappa shape index (κ1) is 20.5. The Morgan fingerprint density at radius 2 is 1.18 bits per heavy atom. The van der Waals surface area contributed by atoms with Gasteiger partial charge in [-0.05, 0) is 37.1 Å². The van der Waals surface area contributed by atoms with E-state index in [2.05, 4.69) is 5.32 Å². The van der Waals surface area contributed by atoms with Gasteiger partial charge in [0, 0.05) is 19.9 Å². The van der Waals surface area contributed by atoms with Crippen molar-refractivity contribution in [2.24, 2.45) is 5.41 Å². The monoisotopic (exact) mass is 423 g/mol. The summed E-state index contributed by atoms with van der Waals surface area (Å²) in [6.07, 6.45) is 0. The molecule has 148 valence electrons. The molecule has 1 aliphatic rings. The maximum Gasteiger partial charge on any atom is 0.244 e. The SMILES string of the molecule is CC1(C)[C@@H]([N+](=O)[O-])[C@H](c2ccccc2Cl)N[C@@H](c2ccccc2Cl)[C@H]1[N+](=O)[O-]. The van der Waals surface area contributed by atoms with Crippen molar-refractivity contribution in [1.29, 1.82) is 0 Å². The maximum absolute atomic E-state index is 12.0. The fourth-order valence-corrected chi connectivity index (χ4v) is 4.68. The number of hydrogen-bond donors (Lipinski definition) is 1. The summed E-state index contributed by atoms with van der Waals surface area (Å²) < 4.78 is 0. The lowest BCUT2D eigenvalue weighted by atomic mass is 9.66. The highest BCUT2D eigenvalue weighted by molar-refractivity contribution is 6.31. The standard InChI is InChI=1S/C19H19Cl2N3O4/c1-19(2)17(23(25)26)15(11-7-3-5-9-13(11)20)22-16(18(19)24(27)28)12-8-4-6-10-14(12)21/h3-10,15-18,22H,1-2H3/t15-,16-,17-,18+/m0/s1. The zero-order valence-corrected chi connectivity index (χ0v) is 16.7. The van der Waals surface area contributed by atoms with Crippen molar-refractivity contribution >= 4 is 23.2 Å². The molecule has 1 fully saturated rings. The van der Waals surface area contributed by atoms with Crippen LogP contribution in [0.25, 0.3) is 0 Å². The summed E-state index contributed by atoms with van der Waals surface area (Å²) in [7, 11) is 0. The lowest BCUT2D eigenvalue weighted by Gasteiger charge is -2.44. The van der Waals surface area contributed by atoms with E-state index < -0.39 is 39.4 Å². The Labute approximate surface area is 171 Å². The number of nitro groups is 2. The molecule has 0 unspecified atom stereocenters. The number of benzene rings is 2. The smallest absolute Gasteiger partial charge is 0.244 e. The Kier molecular flexibility index (Phi) is 5.61. The van der Waals surface area contributed by atoms with E-state index in [9.17, 15) is 20.2 Å². The fourth-order valence-electron chi connectivity index (χ4n) is 4.17. The summed E-state index contributed by atoms with van der Waals surface area (Å²) in [4.78, 5) is 23.1.